The van der Waals surface area contributed by atoms with Gasteiger partial charge in [0.25, 0.3) is 5.91 Å². The number of aliphatic hydroxyl groups is 1. The van der Waals surface area contributed by atoms with Crippen molar-refractivity contribution in [3.05, 3.63) is 107 Å². The molecule has 2 aromatic carbocycles. The molecule has 3 aromatic rings. The van der Waals surface area contributed by atoms with Gasteiger partial charge in [-0.25, -0.2) is 8.78 Å². The molecule has 0 saturated heterocycles. The number of carbonyl (C=O) groups is 2. The summed E-state index contributed by atoms with van der Waals surface area (Å²) < 4.78 is 28.0. The number of nitrogens with zero attached hydrogens (tertiary/aromatic N) is 2. The van der Waals surface area contributed by atoms with Crippen LogP contribution in [0.2, 0.25) is 0 Å². The summed E-state index contributed by atoms with van der Waals surface area (Å²) in [6.45, 7) is 0. The maximum Gasteiger partial charge on any atom is 0.294 e. The second-order valence-corrected chi connectivity index (χ2v) is 7.10. The summed E-state index contributed by atoms with van der Waals surface area (Å²) in [5.74, 6) is -3.93. The summed E-state index contributed by atoms with van der Waals surface area (Å²) in [7, 11) is 0. The van der Waals surface area contributed by atoms with Gasteiger partial charge in [-0.2, -0.15) is 0 Å². The van der Waals surface area contributed by atoms with Gasteiger partial charge in [0.05, 0.1) is 17.0 Å². The van der Waals surface area contributed by atoms with Gasteiger partial charge in [-0.15, -0.1) is 0 Å². The molecule has 4 rings (SSSR count). The molecule has 0 bridgehead atoms. The highest BCUT2D eigenvalue weighted by Gasteiger charge is 2.45. The topological polar surface area (TPSA) is 70.5 Å². The number of Topliss-reactive ketones (excluding diaryl/α,β-unsaturated/α-hetero) is 1. The molecule has 0 saturated carbocycles. The van der Waals surface area contributed by atoms with Crippen LogP contribution in [-0.2, 0) is 16.0 Å². The van der Waals surface area contributed by atoms with Crippen LogP contribution in [0, 0.1) is 11.6 Å². The molecule has 1 amide bonds. The molecule has 0 fully saturated rings. The van der Waals surface area contributed by atoms with Gasteiger partial charge in [0, 0.05) is 18.7 Å². The fourth-order valence-corrected chi connectivity index (χ4v) is 3.67. The van der Waals surface area contributed by atoms with Crippen molar-refractivity contribution in [2.75, 3.05) is 4.90 Å². The van der Waals surface area contributed by atoms with Crippen molar-refractivity contribution in [3.63, 3.8) is 0 Å². The molecular weight excluding hydrogens is 402 g/mol. The summed E-state index contributed by atoms with van der Waals surface area (Å²) in [4.78, 5) is 31.2. The van der Waals surface area contributed by atoms with Crippen LogP contribution in [0.4, 0.5) is 14.5 Å². The summed E-state index contributed by atoms with van der Waals surface area (Å²) in [6.07, 6.45) is 1.92. The smallest absolute Gasteiger partial charge is 0.294 e. The monoisotopic (exact) mass is 420 g/mol. The van der Waals surface area contributed by atoms with Crippen molar-refractivity contribution in [3.8, 4) is 0 Å². The number of ketones is 1. The predicted octanol–water partition coefficient (Wildman–Crippen LogP) is 4.46. The molecule has 1 aliphatic rings. The van der Waals surface area contributed by atoms with E-state index in [9.17, 15) is 23.5 Å². The lowest BCUT2D eigenvalue weighted by molar-refractivity contribution is -0.118. The SMILES string of the molecule is O=C(CCc1ccccc1)C1=C(O)C(=O)N(c2ccc(F)cc2F)C1c1ccccn1. The van der Waals surface area contributed by atoms with Crippen molar-refractivity contribution in [1.82, 2.24) is 4.98 Å². The molecule has 1 aliphatic heterocycles. The fourth-order valence-electron chi connectivity index (χ4n) is 3.67. The summed E-state index contributed by atoms with van der Waals surface area (Å²) in [5.41, 5.74) is 0.811. The number of anilines is 1. The molecule has 156 valence electrons. The van der Waals surface area contributed by atoms with E-state index in [1.54, 1.807) is 18.2 Å². The van der Waals surface area contributed by atoms with Gasteiger partial charge in [-0.1, -0.05) is 36.4 Å². The summed E-state index contributed by atoms with van der Waals surface area (Å²) in [6, 6.07) is 15.8. The summed E-state index contributed by atoms with van der Waals surface area (Å²) in [5, 5.41) is 10.6. The number of hydrogen-bond acceptors (Lipinski definition) is 4. The Kier molecular flexibility index (Phi) is 5.58. The van der Waals surface area contributed by atoms with E-state index < -0.39 is 35.1 Å². The van der Waals surface area contributed by atoms with Crippen molar-refractivity contribution >= 4 is 17.4 Å². The molecule has 5 nitrogen and oxygen atoms in total. The molecule has 1 aromatic heterocycles. The zero-order valence-electron chi connectivity index (χ0n) is 16.3. The first-order valence-electron chi connectivity index (χ1n) is 9.67. The van der Waals surface area contributed by atoms with Crippen LogP contribution in [0.3, 0.4) is 0 Å². The zero-order chi connectivity index (χ0) is 22.0. The maximum atomic E-state index is 14.6. The Hall–Kier alpha value is -3.87. The second-order valence-electron chi connectivity index (χ2n) is 7.10. The normalized spacial score (nSPS) is 16.1. The van der Waals surface area contributed by atoms with E-state index in [1.807, 2.05) is 30.3 Å². The van der Waals surface area contributed by atoms with E-state index in [1.165, 1.54) is 6.20 Å². The first-order chi connectivity index (χ1) is 15.0. The Morgan fingerprint density at radius 2 is 1.77 bits per heavy atom. The first kappa shape index (κ1) is 20.4. The lowest BCUT2D eigenvalue weighted by atomic mass is 9.95. The first-order valence-corrected chi connectivity index (χ1v) is 9.67. The zero-order valence-corrected chi connectivity index (χ0v) is 16.3. The Bertz CT molecular complexity index is 1160. The van der Waals surface area contributed by atoms with Gasteiger partial charge in [0.15, 0.2) is 11.5 Å². The predicted molar refractivity (Wildman–Crippen MR) is 110 cm³/mol. The highest BCUT2D eigenvalue weighted by Crippen LogP contribution is 2.41. The third-order valence-corrected chi connectivity index (χ3v) is 5.13. The molecule has 0 radical (unpaired) electrons. The largest absolute Gasteiger partial charge is 0.503 e. The minimum Gasteiger partial charge on any atom is -0.503 e. The average Bonchev–Trinajstić information content (AvgIpc) is 3.04. The minimum absolute atomic E-state index is 0.0414. The standard InChI is InChI=1S/C24H18F2N2O3/c25-16-10-11-19(17(26)14-16)28-22(18-8-4-5-13-27-18)21(23(30)24(28)31)20(29)12-9-15-6-2-1-3-7-15/h1-8,10-11,13-14,22,30H,9,12H2. The molecule has 0 spiro atoms. The number of halogens is 2. The number of benzene rings is 2. The van der Waals surface area contributed by atoms with Crippen LogP contribution in [0.15, 0.2) is 84.3 Å². The fraction of sp³-hybridized carbons (Fsp3) is 0.125. The second kappa shape index (κ2) is 8.47. The van der Waals surface area contributed by atoms with Crippen LogP contribution in [0.25, 0.3) is 0 Å². The van der Waals surface area contributed by atoms with Gasteiger partial charge < -0.3 is 5.11 Å². The molecule has 31 heavy (non-hydrogen) atoms. The maximum absolute atomic E-state index is 14.6. The Balaban J connectivity index is 1.74. The Labute approximate surface area is 177 Å². The van der Waals surface area contributed by atoms with Crippen LogP contribution in [0.1, 0.15) is 23.7 Å². The number of aromatic nitrogens is 1. The van der Waals surface area contributed by atoms with Gasteiger partial charge in [-0.3, -0.25) is 19.5 Å². The van der Waals surface area contributed by atoms with Gasteiger partial charge in [-0.05, 0) is 36.2 Å². The third kappa shape index (κ3) is 3.94. The Morgan fingerprint density at radius 3 is 2.45 bits per heavy atom. The van der Waals surface area contributed by atoms with Gasteiger partial charge >= 0.3 is 0 Å². The number of amides is 1. The van der Waals surface area contributed by atoms with E-state index in [2.05, 4.69) is 4.98 Å². The van der Waals surface area contributed by atoms with Crippen LogP contribution in [0.5, 0.6) is 0 Å². The van der Waals surface area contributed by atoms with E-state index in [4.69, 9.17) is 0 Å². The highest BCUT2D eigenvalue weighted by molar-refractivity contribution is 6.16. The average molecular weight is 420 g/mol. The van der Waals surface area contributed by atoms with E-state index in [-0.39, 0.29) is 23.4 Å². The molecule has 1 atom stereocenters. The van der Waals surface area contributed by atoms with Crippen molar-refractivity contribution in [2.45, 2.75) is 18.9 Å². The van der Waals surface area contributed by atoms with E-state index in [0.29, 0.717) is 12.5 Å². The van der Waals surface area contributed by atoms with Gasteiger partial charge in [0.1, 0.15) is 17.7 Å². The van der Waals surface area contributed by atoms with Gasteiger partial charge in [0.2, 0.25) is 0 Å². The molecule has 2 heterocycles. The van der Waals surface area contributed by atoms with Crippen molar-refractivity contribution in [1.29, 1.82) is 0 Å². The quantitative estimate of drug-likeness (QED) is 0.639. The Morgan fingerprint density at radius 1 is 1.03 bits per heavy atom. The lowest BCUT2D eigenvalue weighted by Crippen LogP contribution is -2.32. The number of carbonyl (C=O) groups excluding carboxylic acids is 2. The van der Waals surface area contributed by atoms with Crippen molar-refractivity contribution < 1.29 is 23.5 Å². The summed E-state index contributed by atoms with van der Waals surface area (Å²) >= 11 is 0. The van der Waals surface area contributed by atoms with Crippen LogP contribution >= 0.6 is 0 Å². The molecule has 7 heteroatoms. The molecule has 1 unspecified atom stereocenters. The number of rotatable bonds is 6. The van der Waals surface area contributed by atoms with Crippen molar-refractivity contribution in [2.24, 2.45) is 0 Å². The number of hydrogen-bond donors (Lipinski definition) is 1. The number of aryl methyl sites for hydroxylation is 1. The lowest BCUT2D eigenvalue weighted by Gasteiger charge is -2.26. The molecular formula is C24H18F2N2O3. The number of aliphatic hydroxyl groups excluding tert-OH is 1. The van der Waals surface area contributed by atoms with E-state index >= 15 is 0 Å². The van der Waals surface area contributed by atoms with Crippen LogP contribution < -0.4 is 4.90 Å². The third-order valence-electron chi connectivity index (χ3n) is 5.13. The highest BCUT2D eigenvalue weighted by atomic mass is 19.1. The minimum atomic E-state index is -1.13. The molecule has 1 N–H and O–H groups in total. The van der Waals surface area contributed by atoms with E-state index in [0.717, 1.165) is 22.6 Å². The molecule has 0 aliphatic carbocycles. The number of pyridine rings is 1. The van der Waals surface area contributed by atoms with Crippen LogP contribution in [-0.4, -0.2) is 21.8 Å².